The van der Waals surface area contributed by atoms with Gasteiger partial charge in [-0.2, -0.15) is 0 Å². The molecule has 0 aliphatic heterocycles. The van der Waals surface area contributed by atoms with Gasteiger partial charge in [-0.1, -0.05) is 32.3 Å². The highest BCUT2D eigenvalue weighted by Crippen LogP contribution is 2.43. The van der Waals surface area contributed by atoms with E-state index in [-0.39, 0.29) is 0 Å². The first-order valence-electron chi connectivity index (χ1n) is 7.03. The lowest BCUT2D eigenvalue weighted by molar-refractivity contribution is 0.225. The molecule has 0 spiro atoms. The Morgan fingerprint density at radius 3 is 2.94 bits per heavy atom. The monoisotopic (exact) mass is 251 g/mol. The summed E-state index contributed by atoms with van der Waals surface area (Å²) in [6, 6.07) is 4.55. The Balaban J connectivity index is 2.04. The van der Waals surface area contributed by atoms with Gasteiger partial charge in [-0.05, 0) is 55.6 Å². The molecule has 1 heterocycles. The maximum Gasteiger partial charge on any atom is 0.00795 e. The molecular formula is C15H25NS. The number of rotatable bonds is 5. The molecule has 1 N–H and O–H groups in total. The fraction of sp³-hybridized carbons (Fsp3) is 0.733. The predicted molar refractivity (Wildman–Crippen MR) is 76.7 cm³/mol. The van der Waals surface area contributed by atoms with Gasteiger partial charge in [0.25, 0.3) is 0 Å². The van der Waals surface area contributed by atoms with Crippen LogP contribution in [0.4, 0.5) is 0 Å². The fourth-order valence-corrected chi connectivity index (χ4v) is 4.28. The van der Waals surface area contributed by atoms with Gasteiger partial charge < -0.3 is 5.32 Å². The van der Waals surface area contributed by atoms with E-state index in [0.29, 0.717) is 0 Å². The van der Waals surface area contributed by atoms with Gasteiger partial charge in [-0.15, -0.1) is 11.3 Å². The summed E-state index contributed by atoms with van der Waals surface area (Å²) >= 11 is 1.95. The first kappa shape index (κ1) is 13.1. The molecule has 17 heavy (non-hydrogen) atoms. The molecule has 0 amide bonds. The second kappa shape index (κ2) is 6.55. The van der Waals surface area contributed by atoms with Crippen molar-refractivity contribution >= 4 is 11.3 Å². The number of hydrogen-bond acceptors (Lipinski definition) is 2. The summed E-state index contributed by atoms with van der Waals surface area (Å²) in [5.74, 6) is 2.64. The van der Waals surface area contributed by atoms with Crippen LogP contribution in [-0.4, -0.2) is 13.6 Å². The molecule has 1 aromatic rings. The van der Waals surface area contributed by atoms with Crippen molar-refractivity contribution in [2.24, 2.45) is 11.8 Å². The molecule has 3 atom stereocenters. The molecule has 3 unspecified atom stereocenters. The molecule has 0 bridgehead atoms. The normalized spacial score (nSPS) is 29.4. The van der Waals surface area contributed by atoms with E-state index in [4.69, 9.17) is 0 Å². The Kier molecular flexibility index (Phi) is 5.05. The average Bonchev–Trinajstić information content (AvgIpc) is 2.85. The fourth-order valence-electron chi connectivity index (χ4n) is 3.35. The van der Waals surface area contributed by atoms with Gasteiger partial charge >= 0.3 is 0 Å². The van der Waals surface area contributed by atoms with Crippen LogP contribution in [0.25, 0.3) is 0 Å². The van der Waals surface area contributed by atoms with Crippen LogP contribution in [0.5, 0.6) is 0 Å². The first-order chi connectivity index (χ1) is 8.35. The van der Waals surface area contributed by atoms with Gasteiger partial charge in [0.15, 0.2) is 0 Å². The maximum absolute atomic E-state index is 3.38. The lowest BCUT2D eigenvalue weighted by Crippen LogP contribution is -2.30. The van der Waals surface area contributed by atoms with Crippen LogP contribution in [0.15, 0.2) is 17.5 Å². The number of hydrogen-bond donors (Lipinski definition) is 1. The van der Waals surface area contributed by atoms with E-state index in [1.807, 2.05) is 11.3 Å². The molecule has 0 aromatic carbocycles. The predicted octanol–water partition coefficient (Wildman–Crippen LogP) is 4.27. The smallest absolute Gasteiger partial charge is 0.00795 e. The molecule has 1 fully saturated rings. The zero-order valence-electron chi connectivity index (χ0n) is 11.1. The molecule has 1 aliphatic carbocycles. The van der Waals surface area contributed by atoms with E-state index in [2.05, 4.69) is 36.8 Å². The van der Waals surface area contributed by atoms with Crippen molar-refractivity contribution in [3.8, 4) is 0 Å². The van der Waals surface area contributed by atoms with Crippen molar-refractivity contribution in [2.75, 3.05) is 13.6 Å². The lowest BCUT2D eigenvalue weighted by atomic mass is 9.72. The molecular weight excluding hydrogens is 226 g/mol. The second-order valence-electron chi connectivity index (χ2n) is 5.41. The lowest BCUT2D eigenvalue weighted by Gasteiger charge is -2.35. The summed E-state index contributed by atoms with van der Waals surface area (Å²) in [5, 5.41) is 5.61. The highest BCUT2D eigenvalue weighted by Gasteiger charge is 2.31. The van der Waals surface area contributed by atoms with Crippen LogP contribution in [0.2, 0.25) is 0 Å². The standard InChI is InChI=1S/C15H25NS/c1-3-5-12-7-8-13(11-16-2)14(10-12)15-6-4-9-17-15/h4,6,9,12-14,16H,3,5,7-8,10-11H2,1-2H3. The largest absolute Gasteiger partial charge is 0.319 e. The minimum atomic E-state index is 0.813. The van der Waals surface area contributed by atoms with Gasteiger partial charge in [0.1, 0.15) is 0 Å². The quantitative estimate of drug-likeness (QED) is 0.824. The van der Waals surface area contributed by atoms with Crippen LogP contribution in [-0.2, 0) is 0 Å². The highest BCUT2D eigenvalue weighted by atomic mass is 32.1. The van der Waals surface area contributed by atoms with Crippen LogP contribution in [0.3, 0.4) is 0 Å². The summed E-state index contributed by atoms with van der Waals surface area (Å²) in [6.45, 7) is 3.50. The van der Waals surface area contributed by atoms with E-state index in [1.54, 1.807) is 4.88 Å². The van der Waals surface area contributed by atoms with E-state index in [1.165, 1.54) is 38.6 Å². The highest BCUT2D eigenvalue weighted by molar-refractivity contribution is 7.10. The second-order valence-corrected chi connectivity index (χ2v) is 6.39. The summed E-state index contributed by atoms with van der Waals surface area (Å²) in [4.78, 5) is 1.62. The Labute approximate surface area is 110 Å². The van der Waals surface area contributed by atoms with Gasteiger partial charge in [-0.3, -0.25) is 0 Å². The number of nitrogens with one attached hydrogen (secondary N) is 1. The van der Waals surface area contributed by atoms with E-state index in [9.17, 15) is 0 Å². The third-order valence-electron chi connectivity index (χ3n) is 4.17. The molecule has 96 valence electrons. The van der Waals surface area contributed by atoms with Crippen LogP contribution >= 0.6 is 11.3 Å². The van der Waals surface area contributed by atoms with E-state index >= 15 is 0 Å². The zero-order chi connectivity index (χ0) is 12.1. The molecule has 0 radical (unpaired) electrons. The van der Waals surface area contributed by atoms with Crippen molar-refractivity contribution in [3.05, 3.63) is 22.4 Å². The van der Waals surface area contributed by atoms with E-state index < -0.39 is 0 Å². The van der Waals surface area contributed by atoms with Gasteiger partial charge in [0, 0.05) is 4.88 Å². The topological polar surface area (TPSA) is 12.0 Å². The van der Waals surface area contributed by atoms with Crippen LogP contribution < -0.4 is 5.32 Å². The maximum atomic E-state index is 3.38. The summed E-state index contributed by atoms with van der Waals surface area (Å²) in [5.41, 5.74) is 0. The Morgan fingerprint density at radius 1 is 1.41 bits per heavy atom. The van der Waals surface area contributed by atoms with E-state index in [0.717, 1.165) is 17.8 Å². The molecule has 2 heteroatoms. The summed E-state index contributed by atoms with van der Waals surface area (Å²) < 4.78 is 0. The SMILES string of the molecule is CCCC1CCC(CNC)C(c2cccs2)C1. The third-order valence-corrected chi connectivity index (χ3v) is 5.18. The third kappa shape index (κ3) is 3.32. The van der Waals surface area contributed by atoms with Crippen molar-refractivity contribution < 1.29 is 0 Å². The molecule has 0 saturated heterocycles. The molecule has 1 nitrogen and oxygen atoms in total. The van der Waals surface area contributed by atoms with Crippen molar-refractivity contribution in [1.82, 2.24) is 5.32 Å². The zero-order valence-corrected chi connectivity index (χ0v) is 11.9. The Bertz CT molecular complexity index is 307. The van der Waals surface area contributed by atoms with Crippen molar-refractivity contribution in [2.45, 2.75) is 44.9 Å². The van der Waals surface area contributed by atoms with Crippen LogP contribution in [0, 0.1) is 11.8 Å². The average molecular weight is 251 g/mol. The van der Waals surface area contributed by atoms with Gasteiger partial charge in [-0.25, -0.2) is 0 Å². The Hall–Kier alpha value is -0.340. The van der Waals surface area contributed by atoms with Crippen LogP contribution in [0.1, 0.15) is 49.8 Å². The Morgan fingerprint density at radius 2 is 2.29 bits per heavy atom. The minimum Gasteiger partial charge on any atom is -0.319 e. The molecule has 1 saturated carbocycles. The van der Waals surface area contributed by atoms with Crippen molar-refractivity contribution in [1.29, 1.82) is 0 Å². The number of thiophene rings is 1. The van der Waals surface area contributed by atoms with Gasteiger partial charge in [0.2, 0.25) is 0 Å². The minimum absolute atomic E-state index is 0.813. The molecule has 1 aliphatic rings. The molecule has 2 rings (SSSR count). The molecule has 1 aromatic heterocycles. The summed E-state index contributed by atoms with van der Waals surface area (Å²) in [7, 11) is 2.09. The first-order valence-corrected chi connectivity index (χ1v) is 7.91. The van der Waals surface area contributed by atoms with Gasteiger partial charge in [0.05, 0.1) is 0 Å². The van der Waals surface area contributed by atoms with Crippen molar-refractivity contribution in [3.63, 3.8) is 0 Å². The summed E-state index contributed by atoms with van der Waals surface area (Å²) in [6.07, 6.45) is 7.05.